The Morgan fingerprint density at radius 2 is 2.00 bits per heavy atom. The molecule has 1 aliphatic heterocycles. The number of aromatic nitrogens is 2. The molecule has 1 aromatic heterocycles. The molecule has 0 radical (unpaired) electrons. The van der Waals surface area contributed by atoms with Crippen molar-refractivity contribution in [2.24, 2.45) is 10.9 Å². The lowest BCUT2D eigenvalue weighted by Gasteiger charge is -2.40. The van der Waals surface area contributed by atoms with Crippen LogP contribution in [-0.2, 0) is 11.3 Å². The number of nitro groups is 1. The molecule has 1 N–H and O–H groups in total. The van der Waals surface area contributed by atoms with Crippen LogP contribution >= 0.6 is 24.0 Å². The number of carbonyl (C=O) groups is 1. The lowest BCUT2D eigenvalue weighted by Crippen LogP contribution is -2.52. The number of carbonyl (C=O) groups excluding carboxylic acids is 1. The summed E-state index contributed by atoms with van der Waals surface area (Å²) in [4.78, 5) is 31.6. The van der Waals surface area contributed by atoms with Crippen LogP contribution in [0.3, 0.4) is 0 Å². The van der Waals surface area contributed by atoms with Gasteiger partial charge in [0.25, 0.3) is 0 Å². The summed E-state index contributed by atoms with van der Waals surface area (Å²) in [5, 5.41) is 18.1. The Morgan fingerprint density at radius 3 is 2.52 bits per heavy atom. The van der Waals surface area contributed by atoms with Crippen LogP contribution in [0, 0.1) is 16.0 Å². The van der Waals surface area contributed by atoms with Crippen molar-refractivity contribution in [1.82, 2.24) is 24.9 Å². The van der Waals surface area contributed by atoms with Crippen molar-refractivity contribution in [2.45, 2.75) is 64.6 Å². The molecular formula is C21H36IN7O4. The van der Waals surface area contributed by atoms with Crippen molar-refractivity contribution >= 4 is 41.7 Å². The Bertz CT molecular complexity index is 827. The minimum atomic E-state index is -0.499. The molecule has 11 nitrogen and oxygen atoms in total. The van der Waals surface area contributed by atoms with Gasteiger partial charge in [0, 0.05) is 39.3 Å². The van der Waals surface area contributed by atoms with Crippen LogP contribution < -0.4 is 5.32 Å². The standard InChI is InChI=1S/C21H35N7O4.HI/c1-21(2,3)32-20(29)27(14-16-5-6-16)17-7-10-25(11-8-17)19(22-4)23-9-12-26-15-18(13-24-26)28(30)31;/h13,15-17H,5-12,14H2,1-4H3,(H,22,23);1H. The van der Waals surface area contributed by atoms with Gasteiger partial charge in [-0.15, -0.1) is 24.0 Å². The van der Waals surface area contributed by atoms with Crippen molar-refractivity contribution in [3.8, 4) is 0 Å². The SMILES string of the molecule is CN=C(NCCn1cc([N+](=O)[O-])cn1)N1CCC(N(CC2CC2)C(=O)OC(C)(C)C)CC1.I. The molecule has 12 heteroatoms. The molecule has 0 atom stereocenters. The summed E-state index contributed by atoms with van der Waals surface area (Å²) in [5.41, 5.74) is -0.516. The van der Waals surface area contributed by atoms with E-state index in [0.29, 0.717) is 19.0 Å². The number of halogens is 1. The summed E-state index contributed by atoms with van der Waals surface area (Å²) in [6, 6.07) is 0.171. The minimum Gasteiger partial charge on any atom is -0.444 e. The molecule has 1 saturated heterocycles. The third-order valence-electron chi connectivity index (χ3n) is 5.65. The molecule has 186 valence electrons. The number of likely N-dealkylation sites (tertiary alicyclic amines) is 1. The largest absolute Gasteiger partial charge is 0.444 e. The fourth-order valence-electron chi connectivity index (χ4n) is 3.84. The van der Waals surface area contributed by atoms with Gasteiger partial charge in [-0.3, -0.25) is 19.8 Å². The summed E-state index contributed by atoms with van der Waals surface area (Å²) in [7, 11) is 1.74. The van der Waals surface area contributed by atoms with Crippen LogP contribution in [0.15, 0.2) is 17.4 Å². The van der Waals surface area contributed by atoms with E-state index in [1.54, 1.807) is 11.7 Å². The van der Waals surface area contributed by atoms with E-state index in [-0.39, 0.29) is 41.8 Å². The lowest BCUT2D eigenvalue weighted by atomic mass is 10.0. The zero-order valence-electron chi connectivity index (χ0n) is 19.9. The maximum absolute atomic E-state index is 12.8. The molecule has 2 fully saturated rings. The molecule has 2 heterocycles. The quantitative estimate of drug-likeness (QED) is 0.174. The van der Waals surface area contributed by atoms with Gasteiger partial charge in [0.15, 0.2) is 5.96 Å². The van der Waals surface area contributed by atoms with Crippen LogP contribution in [0.4, 0.5) is 10.5 Å². The second-order valence-corrected chi connectivity index (χ2v) is 9.49. The third kappa shape index (κ3) is 8.31. The predicted molar refractivity (Wildman–Crippen MR) is 136 cm³/mol. The first-order valence-electron chi connectivity index (χ1n) is 11.3. The van der Waals surface area contributed by atoms with Crippen molar-refractivity contribution in [1.29, 1.82) is 0 Å². The Kier molecular flexibility index (Phi) is 9.73. The van der Waals surface area contributed by atoms with Gasteiger partial charge in [-0.2, -0.15) is 5.10 Å². The second kappa shape index (κ2) is 11.8. The fourth-order valence-corrected chi connectivity index (χ4v) is 3.84. The number of hydrogen-bond donors (Lipinski definition) is 1. The van der Waals surface area contributed by atoms with Gasteiger partial charge in [-0.1, -0.05) is 0 Å². The van der Waals surface area contributed by atoms with Crippen LogP contribution in [-0.4, -0.2) is 81.4 Å². The van der Waals surface area contributed by atoms with Gasteiger partial charge in [0.1, 0.15) is 18.0 Å². The monoisotopic (exact) mass is 577 g/mol. The fraction of sp³-hybridized carbons (Fsp3) is 0.762. The first-order chi connectivity index (χ1) is 15.2. The Hall–Kier alpha value is -2.12. The lowest BCUT2D eigenvalue weighted by molar-refractivity contribution is -0.385. The van der Waals surface area contributed by atoms with E-state index in [4.69, 9.17) is 4.74 Å². The molecule has 2 aliphatic rings. The number of guanidine groups is 1. The molecule has 0 unspecified atom stereocenters. The highest BCUT2D eigenvalue weighted by atomic mass is 127. The highest BCUT2D eigenvalue weighted by Crippen LogP contribution is 2.32. The van der Waals surface area contributed by atoms with Crippen molar-refractivity contribution < 1.29 is 14.5 Å². The molecule has 1 amide bonds. The first kappa shape index (κ1) is 27.1. The molecule has 0 bridgehead atoms. The van der Waals surface area contributed by atoms with E-state index >= 15 is 0 Å². The number of nitrogens with zero attached hydrogens (tertiary/aromatic N) is 6. The highest BCUT2D eigenvalue weighted by Gasteiger charge is 2.35. The van der Waals surface area contributed by atoms with E-state index in [2.05, 4.69) is 20.3 Å². The summed E-state index contributed by atoms with van der Waals surface area (Å²) in [6.07, 6.45) is 6.55. The van der Waals surface area contributed by atoms with Crippen LogP contribution in [0.25, 0.3) is 0 Å². The molecular weight excluding hydrogens is 541 g/mol. The predicted octanol–water partition coefficient (Wildman–Crippen LogP) is 3.10. The summed E-state index contributed by atoms with van der Waals surface area (Å²) < 4.78 is 7.22. The van der Waals surface area contributed by atoms with Gasteiger partial charge in [-0.05, 0) is 52.4 Å². The zero-order chi connectivity index (χ0) is 23.3. The molecule has 1 aliphatic carbocycles. The number of piperidine rings is 1. The summed E-state index contributed by atoms with van der Waals surface area (Å²) >= 11 is 0. The van der Waals surface area contributed by atoms with Gasteiger partial charge < -0.3 is 19.9 Å². The summed E-state index contributed by atoms with van der Waals surface area (Å²) in [6.45, 7) is 9.12. The Labute approximate surface area is 212 Å². The number of hydrogen-bond acceptors (Lipinski definition) is 6. The van der Waals surface area contributed by atoms with Crippen LogP contribution in [0.2, 0.25) is 0 Å². The average molecular weight is 577 g/mol. The van der Waals surface area contributed by atoms with E-state index < -0.39 is 10.5 Å². The second-order valence-electron chi connectivity index (χ2n) is 9.49. The van der Waals surface area contributed by atoms with E-state index in [1.807, 2.05) is 25.7 Å². The third-order valence-corrected chi connectivity index (χ3v) is 5.65. The number of amides is 1. The smallest absolute Gasteiger partial charge is 0.410 e. The van der Waals surface area contributed by atoms with Gasteiger partial charge in [-0.25, -0.2) is 4.79 Å². The minimum absolute atomic E-state index is 0. The molecule has 1 aromatic rings. The van der Waals surface area contributed by atoms with Gasteiger partial charge in [0.05, 0.1) is 11.5 Å². The van der Waals surface area contributed by atoms with Crippen molar-refractivity contribution in [3.05, 3.63) is 22.5 Å². The maximum atomic E-state index is 12.8. The maximum Gasteiger partial charge on any atom is 0.410 e. The molecule has 0 spiro atoms. The normalized spacial score (nSPS) is 17.3. The molecule has 3 rings (SSSR count). The molecule has 1 saturated carbocycles. The number of ether oxygens (including phenoxy) is 1. The highest BCUT2D eigenvalue weighted by molar-refractivity contribution is 14.0. The van der Waals surface area contributed by atoms with Crippen LogP contribution in [0.5, 0.6) is 0 Å². The first-order valence-corrected chi connectivity index (χ1v) is 11.3. The topological polar surface area (TPSA) is 118 Å². The molecule has 0 aromatic carbocycles. The number of aliphatic imine (C=N–C) groups is 1. The average Bonchev–Trinajstić information content (AvgIpc) is 3.42. The van der Waals surface area contributed by atoms with Crippen LogP contribution in [0.1, 0.15) is 46.5 Å². The van der Waals surface area contributed by atoms with Crippen molar-refractivity contribution in [3.63, 3.8) is 0 Å². The zero-order valence-corrected chi connectivity index (χ0v) is 22.2. The Balaban J connectivity index is 0.00000385. The van der Waals surface area contributed by atoms with E-state index in [9.17, 15) is 14.9 Å². The summed E-state index contributed by atoms with van der Waals surface area (Å²) in [5.74, 6) is 1.39. The van der Waals surface area contributed by atoms with Gasteiger partial charge >= 0.3 is 11.8 Å². The van der Waals surface area contributed by atoms with Gasteiger partial charge in [0.2, 0.25) is 0 Å². The number of rotatable bonds is 7. The Morgan fingerprint density at radius 1 is 1.33 bits per heavy atom. The van der Waals surface area contributed by atoms with E-state index in [1.165, 1.54) is 25.2 Å². The van der Waals surface area contributed by atoms with Crippen molar-refractivity contribution in [2.75, 3.05) is 33.2 Å². The molecule has 33 heavy (non-hydrogen) atoms. The van der Waals surface area contributed by atoms with E-state index in [0.717, 1.165) is 38.4 Å². The number of nitrogens with one attached hydrogen (secondary N) is 1.